The van der Waals surface area contributed by atoms with Crippen LogP contribution in [-0.2, 0) is 4.79 Å². The first-order valence-electron chi connectivity index (χ1n) is 10.4. The Labute approximate surface area is 187 Å². The maximum Gasteiger partial charge on any atom is 0.273 e. The van der Waals surface area contributed by atoms with E-state index in [1.54, 1.807) is 0 Å². The van der Waals surface area contributed by atoms with Gasteiger partial charge in [0.15, 0.2) is 23.3 Å². The van der Waals surface area contributed by atoms with Gasteiger partial charge in [-0.2, -0.15) is 0 Å². The molecule has 1 aromatic carbocycles. The number of amides is 1. The number of nitrogens with two attached hydrogens (primary N) is 2. The third-order valence-electron chi connectivity index (χ3n) is 6.38. The van der Waals surface area contributed by atoms with E-state index < -0.39 is 23.4 Å². The summed E-state index contributed by atoms with van der Waals surface area (Å²) in [5, 5.41) is 3.77. The van der Waals surface area contributed by atoms with Gasteiger partial charge in [-0.1, -0.05) is 6.42 Å². The van der Waals surface area contributed by atoms with Gasteiger partial charge in [0.25, 0.3) is 5.91 Å². The molecule has 1 amide bonds. The highest BCUT2D eigenvalue weighted by molar-refractivity contribution is 6.08. The van der Waals surface area contributed by atoms with E-state index in [-0.39, 0.29) is 28.3 Å². The number of H-pyrrole nitrogens is 1. The summed E-state index contributed by atoms with van der Waals surface area (Å²) in [6.07, 6.45) is 7.49. The second-order valence-electron chi connectivity index (χ2n) is 8.67. The Kier molecular flexibility index (Phi) is 4.93. The van der Waals surface area contributed by atoms with Gasteiger partial charge in [0.05, 0.1) is 29.3 Å². The fraction of sp³-hybridized carbons (Fsp3) is 0.273. The lowest BCUT2D eigenvalue weighted by atomic mass is 9.63. The molecule has 1 aliphatic carbocycles. The van der Waals surface area contributed by atoms with Gasteiger partial charge in [0.2, 0.25) is 0 Å². The van der Waals surface area contributed by atoms with Crippen molar-refractivity contribution in [1.29, 1.82) is 0 Å². The van der Waals surface area contributed by atoms with Crippen LogP contribution >= 0.6 is 0 Å². The highest BCUT2D eigenvalue weighted by Crippen LogP contribution is 2.49. The Morgan fingerprint density at radius 1 is 1.18 bits per heavy atom. The summed E-state index contributed by atoms with van der Waals surface area (Å²) in [5.74, 6) is 2.91. The Hall–Kier alpha value is -3.73. The fourth-order valence-electron chi connectivity index (χ4n) is 4.40. The first-order chi connectivity index (χ1) is 15.7. The van der Waals surface area contributed by atoms with Gasteiger partial charge in [0, 0.05) is 42.2 Å². The number of anilines is 3. The van der Waals surface area contributed by atoms with E-state index in [0.717, 1.165) is 36.4 Å². The number of nitrogens with one attached hydrogen (secondary N) is 2. The summed E-state index contributed by atoms with van der Waals surface area (Å²) >= 11 is 0. The molecule has 2 aliphatic rings. The highest BCUT2D eigenvalue weighted by atomic mass is 19.2. The summed E-state index contributed by atoms with van der Waals surface area (Å²) < 4.78 is 41.6. The second kappa shape index (κ2) is 7.69. The molecule has 0 atom stereocenters. The molecule has 1 spiro atoms. The van der Waals surface area contributed by atoms with Crippen LogP contribution in [0.15, 0.2) is 42.5 Å². The number of hydrogen-bond donors (Lipinski definition) is 4. The normalized spacial score (nSPS) is 17.1. The third-order valence-corrected chi connectivity index (χ3v) is 6.38. The predicted molar refractivity (Wildman–Crippen MR) is 118 cm³/mol. The maximum absolute atomic E-state index is 14.6. The lowest BCUT2D eigenvalue weighted by Gasteiger charge is -2.56. The van der Waals surface area contributed by atoms with E-state index in [1.165, 1.54) is 37.7 Å². The zero-order chi connectivity index (χ0) is 23.3. The molecule has 0 bridgehead atoms. The number of pyridine rings is 1. The van der Waals surface area contributed by atoms with Crippen LogP contribution in [0.5, 0.6) is 0 Å². The van der Waals surface area contributed by atoms with Crippen LogP contribution in [0.2, 0.25) is 0 Å². The number of halogens is 3. The van der Waals surface area contributed by atoms with E-state index in [0.29, 0.717) is 10.9 Å². The number of aromatic amines is 1. The Balaban J connectivity index is 1.27. The summed E-state index contributed by atoms with van der Waals surface area (Å²) in [6, 6.07) is 3.18. The maximum atomic E-state index is 14.6. The molecule has 6 N–H and O–H groups in total. The molecule has 172 valence electrons. The molecule has 2 fully saturated rings. The van der Waals surface area contributed by atoms with Gasteiger partial charge in [-0.3, -0.25) is 9.80 Å². The SMILES string of the molecule is N/C(=C\N(N)c1cnc(N2CC3(CCC3)C2)c(F)c1)C(=O)Nc1c[nH]c2cc(F)c(F)cc12. The largest absolute Gasteiger partial charge is 0.393 e. The molecule has 1 saturated heterocycles. The van der Waals surface area contributed by atoms with Crippen LogP contribution in [0.25, 0.3) is 10.9 Å². The monoisotopic (exact) mass is 457 g/mol. The molecule has 8 nitrogen and oxygen atoms in total. The summed E-state index contributed by atoms with van der Waals surface area (Å²) in [5.41, 5.74) is 6.60. The molecular weight excluding hydrogens is 435 g/mol. The molecule has 0 unspecified atom stereocenters. The molecule has 33 heavy (non-hydrogen) atoms. The van der Waals surface area contributed by atoms with Gasteiger partial charge in [-0.15, -0.1) is 0 Å². The summed E-state index contributed by atoms with van der Waals surface area (Å²) in [7, 11) is 0. The number of carbonyl (C=O) groups is 1. The van der Waals surface area contributed by atoms with E-state index in [2.05, 4.69) is 15.3 Å². The molecular formula is C22H22F3N7O. The predicted octanol–water partition coefficient (Wildman–Crippen LogP) is 3.09. The zero-order valence-corrected chi connectivity index (χ0v) is 17.5. The van der Waals surface area contributed by atoms with E-state index >= 15 is 0 Å². The van der Waals surface area contributed by atoms with Crippen LogP contribution in [0.3, 0.4) is 0 Å². The number of nitrogens with zero attached hydrogens (tertiary/aromatic N) is 3. The number of fused-ring (bicyclic) bond motifs is 1. The van der Waals surface area contributed by atoms with Crippen LogP contribution in [0.4, 0.5) is 30.4 Å². The number of rotatable bonds is 5. The Morgan fingerprint density at radius 3 is 2.58 bits per heavy atom. The second-order valence-corrected chi connectivity index (χ2v) is 8.67. The van der Waals surface area contributed by atoms with Crippen molar-refractivity contribution in [2.24, 2.45) is 17.0 Å². The van der Waals surface area contributed by atoms with E-state index in [9.17, 15) is 18.0 Å². The topological polar surface area (TPSA) is 116 Å². The van der Waals surface area contributed by atoms with Crippen molar-refractivity contribution >= 4 is 34.0 Å². The van der Waals surface area contributed by atoms with E-state index in [4.69, 9.17) is 11.6 Å². The number of carbonyl (C=O) groups excluding carboxylic acids is 1. The zero-order valence-electron chi connectivity index (χ0n) is 17.5. The minimum absolute atomic E-state index is 0.204. The average Bonchev–Trinajstić information content (AvgIpc) is 3.08. The fourth-order valence-corrected chi connectivity index (χ4v) is 4.40. The molecule has 1 saturated carbocycles. The van der Waals surface area contributed by atoms with Crippen LogP contribution in [0, 0.1) is 22.9 Å². The van der Waals surface area contributed by atoms with Crippen molar-refractivity contribution in [3.05, 3.63) is 59.9 Å². The van der Waals surface area contributed by atoms with Crippen molar-refractivity contribution in [1.82, 2.24) is 9.97 Å². The van der Waals surface area contributed by atoms with Crippen molar-refractivity contribution < 1.29 is 18.0 Å². The van der Waals surface area contributed by atoms with Crippen molar-refractivity contribution in [2.45, 2.75) is 19.3 Å². The first kappa shape index (κ1) is 21.1. The molecule has 3 aromatic rings. The molecule has 3 heterocycles. The molecule has 5 rings (SSSR count). The minimum Gasteiger partial charge on any atom is -0.393 e. The average molecular weight is 457 g/mol. The van der Waals surface area contributed by atoms with Gasteiger partial charge in [-0.05, 0) is 18.9 Å². The van der Waals surface area contributed by atoms with Crippen molar-refractivity contribution in [3.8, 4) is 0 Å². The number of hydrazine groups is 1. The molecule has 1 aliphatic heterocycles. The van der Waals surface area contributed by atoms with Crippen LogP contribution in [0.1, 0.15) is 19.3 Å². The Bertz CT molecular complexity index is 1280. The number of hydrogen-bond acceptors (Lipinski definition) is 6. The minimum atomic E-state index is -1.05. The van der Waals surface area contributed by atoms with Crippen molar-refractivity contribution in [2.75, 3.05) is 28.3 Å². The number of aromatic nitrogens is 2. The lowest BCUT2D eigenvalue weighted by Crippen LogP contribution is -2.60. The Morgan fingerprint density at radius 2 is 1.91 bits per heavy atom. The number of benzene rings is 1. The quantitative estimate of drug-likeness (QED) is 0.266. The summed E-state index contributed by atoms with van der Waals surface area (Å²) in [4.78, 5) is 21.3. The smallest absolute Gasteiger partial charge is 0.273 e. The van der Waals surface area contributed by atoms with Crippen LogP contribution in [-0.4, -0.2) is 29.0 Å². The lowest BCUT2D eigenvalue weighted by molar-refractivity contribution is -0.112. The van der Waals surface area contributed by atoms with Gasteiger partial charge >= 0.3 is 0 Å². The van der Waals surface area contributed by atoms with Gasteiger partial charge in [-0.25, -0.2) is 24.0 Å². The highest BCUT2D eigenvalue weighted by Gasteiger charge is 2.48. The van der Waals surface area contributed by atoms with E-state index in [1.807, 2.05) is 4.90 Å². The van der Waals surface area contributed by atoms with Gasteiger partial charge < -0.3 is 20.9 Å². The molecule has 2 aromatic heterocycles. The van der Waals surface area contributed by atoms with Gasteiger partial charge in [0.1, 0.15) is 5.70 Å². The summed E-state index contributed by atoms with van der Waals surface area (Å²) in [6.45, 7) is 1.61. The first-order valence-corrected chi connectivity index (χ1v) is 10.4. The van der Waals surface area contributed by atoms with Crippen molar-refractivity contribution in [3.63, 3.8) is 0 Å². The molecule has 11 heteroatoms. The standard InChI is InChI=1S/C22H22F3N7O/c23-14-5-13-18(6-15(14)24)28-8-19(13)30-21(33)17(26)9-32(27)12-4-16(25)20(29-7-12)31-10-22(11-31)2-1-3-22/h4-9,28H,1-3,10-11,26-27H2,(H,30,33)/b17-9-. The third kappa shape index (κ3) is 3.74. The molecule has 0 radical (unpaired) electrons. The van der Waals surface area contributed by atoms with Crippen LogP contribution < -0.4 is 26.8 Å².